The summed E-state index contributed by atoms with van der Waals surface area (Å²) in [6.07, 6.45) is 8.97. The number of aromatic nitrogens is 3. The number of carbonyl (C=O) groups is 1. The monoisotopic (exact) mass is 534 g/mol. The Balaban J connectivity index is 1.34. The molecule has 0 radical (unpaired) electrons. The van der Waals surface area contributed by atoms with E-state index in [2.05, 4.69) is 26.3 Å². The zero-order valence-corrected chi connectivity index (χ0v) is 22.3. The van der Waals surface area contributed by atoms with Gasteiger partial charge in [-0.2, -0.15) is 0 Å². The summed E-state index contributed by atoms with van der Waals surface area (Å²) in [5, 5.41) is 5.67. The molecule has 0 aliphatic rings. The highest BCUT2D eigenvalue weighted by molar-refractivity contribution is 7.22. The molecular weight excluding hydrogens is 508 g/mol. The Kier molecular flexibility index (Phi) is 7.04. The highest BCUT2D eigenvalue weighted by Crippen LogP contribution is 2.36. The van der Waals surface area contributed by atoms with Gasteiger partial charge in [-0.15, -0.1) is 11.3 Å². The number of benzene rings is 1. The van der Waals surface area contributed by atoms with Gasteiger partial charge in [0.05, 0.1) is 22.0 Å². The van der Waals surface area contributed by atoms with E-state index < -0.39 is 11.7 Å². The molecule has 0 bridgehead atoms. The van der Waals surface area contributed by atoms with Gasteiger partial charge in [0, 0.05) is 51.5 Å². The first-order valence-electron chi connectivity index (χ1n) is 11.9. The molecule has 4 heterocycles. The van der Waals surface area contributed by atoms with Gasteiger partial charge in [-0.3, -0.25) is 9.97 Å². The maximum Gasteiger partial charge on any atom is 0.408 e. The number of para-hydroxylation sites is 1. The predicted molar refractivity (Wildman–Crippen MR) is 149 cm³/mol. The van der Waals surface area contributed by atoms with Gasteiger partial charge in [0.1, 0.15) is 18.0 Å². The molecule has 1 aromatic carbocycles. The molecule has 0 spiro atoms. The average Bonchev–Trinajstić information content (AvgIpc) is 3.47. The smallest absolute Gasteiger partial charge is 0.408 e. The lowest BCUT2D eigenvalue weighted by molar-refractivity contribution is 0.0488. The van der Waals surface area contributed by atoms with Crippen LogP contribution >= 0.6 is 22.9 Å². The Morgan fingerprint density at radius 1 is 1.11 bits per heavy atom. The van der Waals surface area contributed by atoms with Crippen LogP contribution in [-0.4, -0.2) is 39.3 Å². The van der Waals surface area contributed by atoms with E-state index in [1.807, 2.05) is 57.3 Å². The second-order valence-corrected chi connectivity index (χ2v) is 11.3. The van der Waals surface area contributed by atoms with E-state index in [4.69, 9.17) is 21.1 Å². The molecule has 2 N–H and O–H groups in total. The van der Waals surface area contributed by atoms with Crippen LogP contribution in [0, 0.1) is 0 Å². The molecule has 1 atom stereocenters. The fourth-order valence-corrected chi connectivity index (χ4v) is 5.40. The Labute approximate surface area is 223 Å². The van der Waals surface area contributed by atoms with E-state index in [0.717, 1.165) is 37.0 Å². The first kappa shape index (κ1) is 25.0. The number of nitrogens with zero attached hydrogens (tertiary/aromatic N) is 2. The Morgan fingerprint density at radius 3 is 2.73 bits per heavy atom. The first-order chi connectivity index (χ1) is 17.7. The highest BCUT2D eigenvalue weighted by Gasteiger charge is 2.21. The molecule has 4 aromatic heterocycles. The van der Waals surface area contributed by atoms with Gasteiger partial charge in [0.15, 0.2) is 0 Å². The van der Waals surface area contributed by atoms with Crippen molar-refractivity contribution in [2.24, 2.45) is 0 Å². The zero-order chi connectivity index (χ0) is 26.0. The molecule has 190 valence electrons. The molecule has 1 unspecified atom stereocenters. The molecule has 5 aromatic rings. The summed E-state index contributed by atoms with van der Waals surface area (Å²) in [4.78, 5) is 25.5. The van der Waals surface area contributed by atoms with Crippen molar-refractivity contribution in [3.63, 3.8) is 0 Å². The van der Waals surface area contributed by atoms with Crippen molar-refractivity contribution in [3.05, 3.63) is 78.0 Å². The number of amides is 1. The summed E-state index contributed by atoms with van der Waals surface area (Å²) in [7, 11) is 0. The lowest BCUT2D eigenvalue weighted by Crippen LogP contribution is -2.43. The number of aromatic amines is 1. The third-order valence-corrected chi connectivity index (χ3v) is 7.13. The van der Waals surface area contributed by atoms with E-state index in [1.54, 1.807) is 36.1 Å². The number of pyridine rings is 2. The molecule has 0 aliphatic heterocycles. The molecule has 0 saturated heterocycles. The fourth-order valence-electron chi connectivity index (χ4n) is 4.09. The lowest BCUT2D eigenvalue weighted by Gasteiger charge is -2.24. The van der Waals surface area contributed by atoms with Crippen molar-refractivity contribution in [3.8, 4) is 16.2 Å². The standard InChI is InChI=1S/C28H27ClN4O3S/c1-28(2,3)36-27(34)33-19(8-17-12-32-24-7-5-4-6-21(17)24)16-35-20-9-18(11-30-13-20)25-10-22-23(29)14-31-15-26(22)37-25/h4-7,9-15,19,32H,8,16H2,1-3H3,(H,33,34). The summed E-state index contributed by atoms with van der Waals surface area (Å²) < 4.78 is 12.7. The third-order valence-electron chi connectivity index (χ3n) is 5.71. The van der Waals surface area contributed by atoms with Crippen LogP contribution in [0.5, 0.6) is 5.75 Å². The van der Waals surface area contributed by atoms with Crippen molar-refractivity contribution in [2.75, 3.05) is 6.61 Å². The minimum Gasteiger partial charge on any atom is -0.490 e. The number of ether oxygens (including phenoxy) is 2. The molecule has 5 rings (SSSR count). The van der Waals surface area contributed by atoms with Gasteiger partial charge < -0.3 is 19.8 Å². The number of carbonyl (C=O) groups excluding carboxylic acids is 1. The van der Waals surface area contributed by atoms with Crippen LogP contribution in [-0.2, 0) is 11.2 Å². The lowest BCUT2D eigenvalue weighted by atomic mass is 10.1. The molecule has 9 heteroatoms. The van der Waals surface area contributed by atoms with Crippen molar-refractivity contribution in [1.82, 2.24) is 20.3 Å². The van der Waals surface area contributed by atoms with E-state index in [0.29, 0.717) is 17.2 Å². The summed E-state index contributed by atoms with van der Waals surface area (Å²) in [5.41, 5.74) is 2.45. The topological polar surface area (TPSA) is 89.1 Å². The first-order valence-corrected chi connectivity index (χ1v) is 13.1. The van der Waals surface area contributed by atoms with E-state index >= 15 is 0 Å². The summed E-state index contributed by atoms with van der Waals surface area (Å²) in [5.74, 6) is 0.606. The normalized spacial score (nSPS) is 12.5. The number of nitrogens with one attached hydrogen (secondary N) is 2. The fraction of sp³-hybridized carbons (Fsp3) is 0.250. The van der Waals surface area contributed by atoms with Crippen LogP contribution in [0.4, 0.5) is 4.79 Å². The zero-order valence-electron chi connectivity index (χ0n) is 20.7. The van der Waals surface area contributed by atoms with Gasteiger partial charge in [0.25, 0.3) is 0 Å². The number of thiophene rings is 1. The van der Waals surface area contributed by atoms with Crippen LogP contribution < -0.4 is 10.1 Å². The molecule has 0 aliphatic carbocycles. The second kappa shape index (κ2) is 10.4. The number of hydrogen-bond acceptors (Lipinski definition) is 6. The van der Waals surface area contributed by atoms with E-state index in [9.17, 15) is 4.79 Å². The summed E-state index contributed by atoms with van der Waals surface area (Å²) in [6.45, 7) is 5.76. The Bertz CT molecular complexity index is 1560. The van der Waals surface area contributed by atoms with E-state index in [-0.39, 0.29) is 12.6 Å². The average molecular weight is 535 g/mol. The number of rotatable bonds is 7. The van der Waals surface area contributed by atoms with Gasteiger partial charge >= 0.3 is 6.09 Å². The van der Waals surface area contributed by atoms with Crippen molar-refractivity contribution < 1.29 is 14.3 Å². The van der Waals surface area contributed by atoms with Gasteiger partial charge in [-0.25, -0.2) is 4.79 Å². The highest BCUT2D eigenvalue weighted by atomic mass is 35.5. The number of fused-ring (bicyclic) bond motifs is 2. The SMILES string of the molecule is CC(C)(C)OC(=O)NC(COc1cncc(-c2cc3c(Cl)cncc3s2)c1)Cc1c[nH]c2ccccc12. The molecular formula is C28H27ClN4O3S. The van der Waals surface area contributed by atoms with Gasteiger partial charge in [0.2, 0.25) is 0 Å². The molecule has 37 heavy (non-hydrogen) atoms. The van der Waals surface area contributed by atoms with Crippen molar-refractivity contribution >= 4 is 50.0 Å². The largest absolute Gasteiger partial charge is 0.490 e. The minimum absolute atomic E-state index is 0.242. The third kappa shape index (κ3) is 6.03. The summed E-state index contributed by atoms with van der Waals surface area (Å²) >= 11 is 7.90. The molecule has 0 fully saturated rings. The Hall–Kier alpha value is -3.62. The van der Waals surface area contributed by atoms with Crippen molar-refractivity contribution in [1.29, 1.82) is 0 Å². The number of H-pyrrole nitrogens is 1. The minimum atomic E-state index is -0.600. The molecule has 1 amide bonds. The summed E-state index contributed by atoms with van der Waals surface area (Å²) in [6, 6.07) is 11.7. The Morgan fingerprint density at radius 2 is 1.92 bits per heavy atom. The van der Waals surface area contributed by atoms with Crippen LogP contribution in [0.25, 0.3) is 31.4 Å². The van der Waals surface area contributed by atoms with Crippen LogP contribution in [0.1, 0.15) is 26.3 Å². The van der Waals surface area contributed by atoms with Crippen LogP contribution in [0.3, 0.4) is 0 Å². The second-order valence-electron chi connectivity index (χ2n) is 9.77. The van der Waals surface area contributed by atoms with Crippen molar-refractivity contribution in [2.45, 2.75) is 38.8 Å². The van der Waals surface area contributed by atoms with E-state index in [1.165, 1.54) is 0 Å². The van der Waals surface area contributed by atoms with Crippen LogP contribution in [0.2, 0.25) is 5.02 Å². The maximum absolute atomic E-state index is 12.6. The number of alkyl carbamates (subject to hydrolysis) is 1. The quantitative estimate of drug-likeness (QED) is 0.234. The maximum atomic E-state index is 12.6. The predicted octanol–water partition coefficient (Wildman–Crippen LogP) is 7.01. The molecule has 7 nitrogen and oxygen atoms in total. The molecule has 0 saturated carbocycles. The number of halogens is 1. The van der Waals surface area contributed by atoms with Gasteiger partial charge in [-0.05, 0) is 51.0 Å². The number of hydrogen-bond donors (Lipinski definition) is 2. The van der Waals surface area contributed by atoms with Gasteiger partial charge in [-0.1, -0.05) is 29.8 Å². The van der Waals surface area contributed by atoms with Crippen LogP contribution in [0.15, 0.2) is 67.4 Å².